The second kappa shape index (κ2) is 14.2. The number of aliphatic hydroxyl groups is 1. The zero-order chi connectivity index (χ0) is 37.9. The molecule has 0 spiro atoms. The Morgan fingerprint density at radius 1 is 0.981 bits per heavy atom. The Balaban J connectivity index is 1.40. The summed E-state index contributed by atoms with van der Waals surface area (Å²) < 4.78 is 54.9. The Morgan fingerprint density at radius 3 is 2.38 bits per heavy atom. The number of alkyl halides is 1. The van der Waals surface area contributed by atoms with E-state index in [2.05, 4.69) is 62.9 Å². The van der Waals surface area contributed by atoms with Gasteiger partial charge >= 0.3 is 6.01 Å². The highest BCUT2D eigenvalue weighted by Crippen LogP contribution is 2.44. The van der Waals surface area contributed by atoms with Gasteiger partial charge in [-0.2, -0.15) is 9.97 Å². The van der Waals surface area contributed by atoms with Crippen molar-refractivity contribution < 1.29 is 23.0 Å². The molecule has 0 aliphatic carbocycles. The van der Waals surface area contributed by atoms with Crippen molar-refractivity contribution in [1.82, 2.24) is 14.9 Å². The van der Waals surface area contributed by atoms with E-state index >= 15 is 8.78 Å². The highest BCUT2D eigenvalue weighted by molar-refractivity contribution is 6.90. The van der Waals surface area contributed by atoms with Crippen molar-refractivity contribution in [2.75, 3.05) is 37.7 Å². The van der Waals surface area contributed by atoms with Gasteiger partial charge in [-0.3, -0.25) is 4.90 Å². The molecule has 1 aromatic heterocycles. The first-order chi connectivity index (χ1) is 25.2. The molecule has 3 aliphatic rings. The van der Waals surface area contributed by atoms with E-state index in [1.54, 1.807) is 13.0 Å². The standard InChI is InChI=1S/C43H53F3N4O2Si/c1-27(2)53(28(3)4,29(5)6)21-16-31-13-8-12-30-14-9-15-33(36(30)31)37-35(45)22-34-39(38(37)46)47-41(48-40(34)49-19-10-17-42(7,51)25-49)52-26-43-18-11-20-50(43)24-32(44)23-43/h8-9,12-15,22,27-29,32,51H,10-11,17-20,23-26H2,1-7H3/t32-,42+,43+/m1/s1. The predicted molar refractivity (Wildman–Crippen MR) is 211 cm³/mol. The van der Waals surface area contributed by atoms with Gasteiger partial charge in [-0.15, -0.1) is 5.54 Å². The lowest BCUT2D eigenvalue weighted by Gasteiger charge is -2.38. The summed E-state index contributed by atoms with van der Waals surface area (Å²) in [6.45, 7) is 17.5. The number of piperidine rings is 1. The van der Waals surface area contributed by atoms with Crippen molar-refractivity contribution in [1.29, 1.82) is 0 Å². The lowest BCUT2D eigenvalue weighted by molar-refractivity contribution is 0.0447. The summed E-state index contributed by atoms with van der Waals surface area (Å²) in [7, 11) is -2.11. The average molecular weight is 743 g/mol. The third-order valence-corrected chi connectivity index (χ3v) is 18.8. The van der Waals surface area contributed by atoms with Crippen LogP contribution in [-0.2, 0) is 0 Å². The molecular weight excluding hydrogens is 690 g/mol. The summed E-state index contributed by atoms with van der Waals surface area (Å²) in [6, 6.07) is 12.6. The van der Waals surface area contributed by atoms with Crippen molar-refractivity contribution in [3.05, 3.63) is 59.7 Å². The van der Waals surface area contributed by atoms with E-state index in [4.69, 9.17) is 9.72 Å². The van der Waals surface area contributed by atoms with Crippen LogP contribution in [0.2, 0.25) is 16.6 Å². The fourth-order valence-electron chi connectivity index (χ4n) is 10.0. The molecule has 3 aromatic carbocycles. The number of rotatable bonds is 8. The van der Waals surface area contributed by atoms with E-state index in [1.165, 1.54) is 6.07 Å². The second-order valence-electron chi connectivity index (χ2n) is 17.0. The van der Waals surface area contributed by atoms with Gasteiger partial charge < -0.3 is 14.7 Å². The topological polar surface area (TPSA) is 61.7 Å². The van der Waals surface area contributed by atoms with E-state index in [-0.39, 0.29) is 35.6 Å². The van der Waals surface area contributed by atoms with Gasteiger partial charge in [0.1, 0.15) is 38.0 Å². The van der Waals surface area contributed by atoms with Crippen LogP contribution in [0.1, 0.15) is 86.1 Å². The van der Waals surface area contributed by atoms with E-state index in [9.17, 15) is 9.50 Å². The molecule has 4 heterocycles. The number of aromatic nitrogens is 2. The van der Waals surface area contributed by atoms with Crippen molar-refractivity contribution >= 4 is 35.6 Å². The summed E-state index contributed by atoms with van der Waals surface area (Å²) in [4.78, 5) is 13.4. The highest BCUT2D eigenvalue weighted by atomic mass is 28.3. The minimum Gasteiger partial charge on any atom is -0.461 e. The number of anilines is 1. The number of nitrogens with zero attached hydrogens (tertiary/aromatic N) is 4. The number of hydrogen-bond acceptors (Lipinski definition) is 6. The minimum atomic E-state index is -2.11. The maximum atomic E-state index is 17.3. The first-order valence-corrected chi connectivity index (χ1v) is 21.6. The first-order valence-electron chi connectivity index (χ1n) is 19.4. The molecule has 53 heavy (non-hydrogen) atoms. The van der Waals surface area contributed by atoms with Crippen LogP contribution in [0, 0.1) is 23.1 Å². The molecule has 1 N–H and O–H groups in total. The summed E-state index contributed by atoms with van der Waals surface area (Å²) in [5.74, 6) is 2.32. The number of ether oxygens (including phenoxy) is 1. The SMILES string of the molecule is CC(C)[Si](C#Cc1cccc2cccc(-c3c(F)cc4c(N5CCC[C@](C)(O)C5)nc(OC[C@@]56CCCN5C[C@H](F)C6)nc4c3F)c12)(C(C)C)C(C)C. The van der Waals surface area contributed by atoms with Gasteiger partial charge in [0, 0.05) is 42.4 Å². The van der Waals surface area contributed by atoms with Gasteiger partial charge in [-0.05, 0) is 78.9 Å². The van der Waals surface area contributed by atoms with Crippen LogP contribution < -0.4 is 9.64 Å². The minimum absolute atomic E-state index is 0.0421. The number of benzene rings is 3. The maximum Gasteiger partial charge on any atom is 0.319 e. The Bertz CT molecular complexity index is 2070. The molecule has 3 saturated heterocycles. The normalized spacial score (nSPS) is 23.7. The van der Waals surface area contributed by atoms with E-state index in [0.717, 1.165) is 30.3 Å². The molecule has 0 amide bonds. The lowest BCUT2D eigenvalue weighted by Crippen LogP contribution is -2.46. The molecule has 3 aliphatic heterocycles. The van der Waals surface area contributed by atoms with Crippen LogP contribution in [0.15, 0.2) is 42.5 Å². The van der Waals surface area contributed by atoms with Crippen molar-refractivity contribution in [2.45, 2.75) is 115 Å². The largest absolute Gasteiger partial charge is 0.461 e. The van der Waals surface area contributed by atoms with Crippen molar-refractivity contribution in [3.8, 4) is 28.6 Å². The fourth-order valence-corrected chi connectivity index (χ4v) is 15.2. The summed E-state index contributed by atoms with van der Waals surface area (Å²) in [5, 5.41) is 12.8. The Morgan fingerprint density at radius 2 is 1.68 bits per heavy atom. The van der Waals surface area contributed by atoms with Crippen LogP contribution >= 0.6 is 0 Å². The summed E-state index contributed by atoms with van der Waals surface area (Å²) in [5.41, 5.74) is 4.52. The maximum absolute atomic E-state index is 17.3. The van der Waals surface area contributed by atoms with Crippen molar-refractivity contribution in [3.63, 3.8) is 0 Å². The van der Waals surface area contributed by atoms with Gasteiger partial charge in [0.15, 0.2) is 5.82 Å². The third kappa shape index (κ3) is 6.72. The monoisotopic (exact) mass is 742 g/mol. The van der Waals surface area contributed by atoms with E-state index in [1.807, 2.05) is 35.2 Å². The molecule has 0 unspecified atom stereocenters. The zero-order valence-corrected chi connectivity index (χ0v) is 33.2. The second-order valence-corrected chi connectivity index (χ2v) is 22.6. The van der Waals surface area contributed by atoms with Crippen LogP contribution in [0.5, 0.6) is 6.01 Å². The number of fused-ring (bicyclic) bond motifs is 3. The molecule has 6 nitrogen and oxygen atoms in total. The average Bonchev–Trinajstić information content (AvgIpc) is 3.62. The first kappa shape index (κ1) is 37.7. The smallest absolute Gasteiger partial charge is 0.319 e. The molecule has 10 heteroatoms. The van der Waals surface area contributed by atoms with Gasteiger partial charge in [0.2, 0.25) is 0 Å². The number of hydrogen-bond donors (Lipinski definition) is 1. The van der Waals surface area contributed by atoms with Gasteiger partial charge in [0.25, 0.3) is 0 Å². The summed E-state index contributed by atoms with van der Waals surface area (Å²) >= 11 is 0. The van der Waals surface area contributed by atoms with Crippen LogP contribution in [0.25, 0.3) is 32.8 Å². The van der Waals surface area contributed by atoms with Crippen molar-refractivity contribution in [2.24, 2.45) is 0 Å². The van der Waals surface area contributed by atoms with Crippen LogP contribution in [-0.4, -0.2) is 78.1 Å². The highest BCUT2D eigenvalue weighted by Gasteiger charge is 2.49. The molecule has 3 atom stereocenters. The van der Waals surface area contributed by atoms with E-state index < -0.39 is 37.0 Å². The predicted octanol–water partition coefficient (Wildman–Crippen LogP) is 9.60. The lowest BCUT2D eigenvalue weighted by atomic mass is 9.93. The number of β-amino-alcohol motifs (C(OH)–C–C–N with tert-alkyl or cyclic N) is 1. The van der Waals surface area contributed by atoms with Crippen LogP contribution in [0.4, 0.5) is 19.0 Å². The molecule has 3 fully saturated rings. The van der Waals surface area contributed by atoms with Crippen LogP contribution in [0.3, 0.4) is 0 Å². The Labute approximate surface area is 313 Å². The molecule has 0 radical (unpaired) electrons. The van der Waals surface area contributed by atoms with Gasteiger partial charge in [-0.25, -0.2) is 13.2 Å². The molecule has 282 valence electrons. The molecule has 0 saturated carbocycles. The molecule has 7 rings (SSSR count). The Kier molecular flexibility index (Phi) is 10.1. The molecular formula is C43H53F3N4O2Si. The molecule has 4 aromatic rings. The third-order valence-electron chi connectivity index (χ3n) is 12.5. The quantitative estimate of drug-likeness (QED) is 0.143. The summed E-state index contributed by atoms with van der Waals surface area (Å²) in [6.07, 6.45) is 2.48. The van der Waals surface area contributed by atoms with Gasteiger partial charge in [-0.1, -0.05) is 77.8 Å². The Hall–Kier alpha value is -3.65. The van der Waals surface area contributed by atoms with E-state index in [0.29, 0.717) is 65.7 Å². The van der Waals surface area contributed by atoms with Gasteiger partial charge in [0.05, 0.1) is 16.7 Å². The zero-order valence-electron chi connectivity index (χ0n) is 32.2. The fraction of sp³-hybridized carbons (Fsp3) is 0.535. The number of halogens is 3. The molecule has 0 bridgehead atoms.